The van der Waals surface area contributed by atoms with Gasteiger partial charge in [0.05, 0.1) is 36.2 Å². The molecule has 10 heteroatoms. The van der Waals surface area contributed by atoms with Gasteiger partial charge in [-0.2, -0.15) is 0 Å². The van der Waals surface area contributed by atoms with Gasteiger partial charge in [-0.05, 0) is 56.4 Å². The summed E-state index contributed by atoms with van der Waals surface area (Å²) in [6, 6.07) is 8.12. The number of carbonyl (C=O) groups excluding carboxylic acids is 3. The zero-order valence-corrected chi connectivity index (χ0v) is 23.4. The summed E-state index contributed by atoms with van der Waals surface area (Å²) < 4.78 is 16.9. The lowest BCUT2D eigenvalue weighted by Gasteiger charge is -2.67. The Morgan fingerprint density at radius 1 is 1.05 bits per heavy atom. The van der Waals surface area contributed by atoms with E-state index in [2.05, 4.69) is 0 Å². The van der Waals surface area contributed by atoms with Gasteiger partial charge >= 0.3 is 12.1 Å². The topological polar surface area (TPSA) is 160 Å². The van der Waals surface area contributed by atoms with Crippen LogP contribution in [-0.2, 0) is 19.0 Å². The number of benzene rings is 1. The van der Waals surface area contributed by atoms with Gasteiger partial charge in [0.2, 0.25) is 0 Å². The van der Waals surface area contributed by atoms with E-state index in [9.17, 15) is 34.8 Å². The van der Waals surface area contributed by atoms with Gasteiger partial charge < -0.3 is 34.6 Å². The minimum atomic E-state index is -2.05. The number of ether oxygens (including phenoxy) is 3. The second-order valence-electron chi connectivity index (χ2n) is 12.6. The normalized spacial score (nSPS) is 41.9. The molecule has 4 aliphatic carbocycles. The molecule has 218 valence electrons. The van der Waals surface area contributed by atoms with E-state index in [-0.39, 0.29) is 30.4 Å². The van der Waals surface area contributed by atoms with Crippen LogP contribution in [0, 0.1) is 22.7 Å². The van der Waals surface area contributed by atoms with Crippen molar-refractivity contribution in [1.29, 1.82) is 0 Å². The van der Waals surface area contributed by atoms with Crippen molar-refractivity contribution < 1.29 is 49.0 Å². The van der Waals surface area contributed by atoms with Crippen molar-refractivity contribution in [3.05, 3.63) is 47.0 Å². The Morgan fingerprint density at radius 3 is 2.27 bits per heavy atom. The number of Topliss-reactive ketones (excluding diaryl/α,β-unsaturated/α-hetero) is 1. The first-order chi connectivity index (χ1) is 18.7. The molecule has 9 atom stereocenters. The lowest BCUT2D eigenvalue weighted by molar-refractivity contribution is -0.293. The van der Waals surface area contributed by atoms with E-state index in [0.717, 1.165) is 7.11 Å². The minimum absolute atomic E-state index is 0.0876. The van der Waals surface area contributed by atoms with E-state index in [4.69, 9.17) is 14.2 Å². The molecule has 0 heterocycles. The molecule has 0 radical (unpaired) electrons. The molecule has 2 bridgehead atoms. The van der Waals surface area contributed by atoms with E-state index < -0.39 is 76.2 Å². The van der Waals surface area contributed by atoms with E-state index in [0.29, 0.717) is 12.0 Å². The molecule has 7 unspecified atom stereocenters. The van der Waals surface area contributed by atoms with E-state index >= 15 is 0 Å². The first-order valence-electron chi connectivity index (χ1n) is 13.7. The molecule has 10 nitrogen and oxygen atoms in total. The molecular formula is C30H38O10. The van der Waals surface area contributed by atoms with Crippen molar-refractivity contribution in [2.75, 3.05) is 7.11 Å². The Bertz CT molecular complexity index is 1260. The van der Waals surface area contributed by atoms with Gasteiger partial charge in [0.25, 0.3) is 0 Å². The van der Waals surface area contributed by atoms with Crippen molar-refractivity contribution in [3.63, 3.8) is 0 Å². The molecule has 0 spiro atoms. The summed E-state index contributed by atoms with van der Waals surface area (Å²) >= 11 is 0. The number of hydrogen-bond donors (Lipinski definition) is 4. The van der Waals surface area contributed by atoms with E-state index in [1.807, 2.05) is 0 Å². The Hall–Kier alpha value is -2.79. The van der Waals surface area contributed by atoms with Crippen LogP contribution in [0.1, 0.15) is 63.7 Å². The highest BCUT2D eigenvalue weighted by Gasteiger charge is 2.77. The highest BCUT2D eigenvalue weighted by molar-refractivity contribution is 5.94. The quantitative estimate of drug-likeness (QED) is 0.320. The van der Waals surface area contributed by atoms with Gasteiger partial charge in [-0.1, -0.05) is 32.0 Å². The Labute approximate surface area is 232 Å². The number of carbonyl (C=O) groups is 3. The van der Waals surface area contributed by atoms with Gasteiger partial charge in [-0.25, -0.2) is 9.59 Å². The van der Waals surface area contributed by atoms with Crippen LogP contribution < -0.4 is 0 Å². The average Bonchev–Trinajstić information content (AvgIpc) is 2.91. The first-order valence-corrected chi connectivity index (χ1v) is 13.7. The molecule has 40 heavy (non-hydrogen) atoms. The third kappa shape index (κ3) is 3.65. The van der Waals surface area contributed by atoms with E-state index in [1.165, 1.54) is 6.92 Å². The maximum Gasteiger partial charge on any atom is 0.508 e. The van der Waals surface area contributed by atoms with Crippen molar-refractivity contribution >= 4 is 17.9 Å². The predicted octanol–water partition coefficient (Wildman–Crippen LogP) is 2.31. The lowest BCUT2D eigenvalue weighted by atomic mass is 9.41. The average molecular weight is 559 g/mol. The molecule has 0 aliphatic heterocycles. The molecule has 0 aromatic heterocycles. The molecule has 0 amide bonds. The number of methoxy groups -OCH3 is 1. The fourth-order valence-corrected chi connectivity index (χ4v) is 8.13. The van der Waals surface area contributed by atoms with Crippen molar-refractivity contribution in [2.45, 2.75) is 89.0 Å². The smallest absolute Gasteiger partial charge is 0.455 e. The Balaban J connectivity index is 1.81. The number of rotatable bonds is 3. The summed E-state index contributed by atoms with van der Waals surface area (Å²) in [5, 5.41) is 47.0. The summed E-state index contributed by atoms with van der Waals surface area (Å²) in [4.78, 5) is 40.6. The third-order valence-corrected chi connectivity index (χ3v) is 10.6. The Morgan fingerprint density at radius 2 is 1.70 bits per heavy atom. The number of aliphatic hydroxyl groups excluding tert-OH is 3. The van der Waals surface area contributed by atoms with Crippen LogP contribution in [0.4, 0.5) is 4.79 Å². The Kier molecular flexibility index (Phi) is 6.73. The van der Waals surface area contributed by atoms with Gasteiger partial charge in [-0.3, -0.25) is 4.79 Å². The van der Waals surface area contributed by atoms with Crippen LogP contribution in [0.2, 0.25) is 0 Å². The van der Waals surface area contributed by atoms with Crippen LogP contribution in [0.5, 0.6) is 0 Å². The van der Waals surface area contributed by atoms with Crippen LogP contribution in [-0.4, -0.2) is 81.1 Å². The van der Waals surface area contributed by atoms with Gasteiger partial charge in [0, 0.05) is 17.8 Å². The summed E-state index contributed by atoms with van der Waals surface area (Å²) in [7, 11) is 1.15. The number of hydrogen-bond acceptors (Lipinski definition) is 10. The van der Waals surface area contributed by atoms with Crippen LogP contribution in [0.25, 0.3) is 0 Å². The maximum atomic E-state index is 14.4. The largest absolute Gasteiger partial charge is 0.508 e. The summed E-state index contributed by atoms with van der Waals surface area (Å²) in [6.07, 6.45) is -6.32. The SMILES string of the molecule is COC(=O)OC12CC[C@@H]1CC(O)[C@@]1(C)C(=O)C(O)C3=C(C)C(O)CC(O)(C(OC(=O)c4ccccc4)C21)C3(C)C. The second kappa shape index (κ2) is 9.37. The molecule has 3 saturated carbocycles. The number of ketones is 1. The summed E-state index contributed by atoms with van der Waals surface area (Å²) in [5.74, 6) is -3.27. The number of esters is 1. The van der Waals surface area contributed by atoms with Crippen LogP contribution >= 0.6 is 0 Å². The second-order valence-corrected chi connectivity index (χ2v) is 12.6. The van der Waals surface area contributed by atoms with Gasteiger partial charge in [0.15, 0.2) is 5.78 Å². The molecule has 5 rings (SSSR count). The molecule has 1 aromatic carbocycles. The number of aliphatic hydroxyl groups is 4. The highest BCUT2D eigenvalue weighted by atomic mass is 16.7. The minimum Gasteiger partial charge on any atom is -0.455 e. The monoisotopic (exact) mass is 558 g/mol. The fraction of sp³-hybridized carbons (Fsp3) is 0.633. The standard InChI is InChI=1S/C30H38O10/c1-15-18(31)14-30(37)24(39-25(35)16-9-7-6-8-10-16)22-28(4,23(34)21(33)20(15)27(30,2)3)19(32)13-17-11-12-29(17,22)40-26(36)38-5/h6-10,17-19,21-22,24,31-33,37H,11-14H2,1-5H3/t17-,18?,19?,21?,22?,24?,28-,29?,30?/m1/s1. The zero-order chi connectivity index (χ0) is 29.4. The lowest BCUT2D eigenvalue weighted by Crippen LogP contribution is -2.78. The molecule has 0 saturated heterocycles. The summed E-state index contributed by atoms with van der Waals surface area (Å²) in [6.45, 7) is 6.32. The van der Waals surface area contributed by atoms with E-state index in [1.54, 1.807) is 51.1 Å². The fourth-order valence-electron chi connectivity index (χ4n) is 8.13. The zero-order valence-electron chi connectivity index (χ0n) is 23.4. The highest BCUT2D eigenvalue weighted by Crippen LogP contribution is 2.67. The summed E-state index contributed by atoms with van der Waals surface area (Å²) in [5.41, 5.74) is -6.08. The first kappa shape index (κ1) is 28.7. The molecule has 4 N–H and O–H groups in total. The molecular weight excluding hydrogens is 520 g/mol. The van der Waals surface area contributed by atoms with Crippen molar-refractivity contribution in [3.8, 4) is 0 Å². The predicted molar refractivity (Wildman–Crippen MR) is 140 cm³/mol. The van der Waals surface area contributed by atoms with Crippen molar-refractivity contribution in [1.82, 2.24) is 0 Å². The molecule has 3 fully saturated rings. The van der Waals surface area contributed by atoms with Crippen molar-refractivity contribution in [2.24, 2.45) is 22.7 Å². The van der Waals surface area contributed by atoms with Crippen LogP contribution in [0.15, 0.2) is 41.5 Å². The van der Waals surface area contributed by atoms with Crippen LogP contribution in [0.3, 0.4) is 0 Å². The number of fused-ring (bicyclic) bond motifs is 5. The molecule has 4 aliphatic rings. The van der Waals surface area contributed by atoms with Gasteiger partial charge in [0.1, 0.15) is 23.4 Å². The maximum absolute atomic E-state index is 14.4. The molecule has 1 aromatic rings. The van der Waals surface area contributed by atoms with Gasteiger partial charge in [-0.15, -0.1) is 0 Å². The third-order valence-electron chi connectivity index (χ3n) is 10.6.